The molecule has 1 unspecified atom stereocenters. The van der Waals surface area contributed by atoms with Crippen molar-refractivity contribution in [2.75, 3.05) is 25.4 Å². The fourth-order valence-corrected chi connectivity index (χ4v) is 5.87. The topological polar surface area (TPSA) is 40.6 Å². The third-order valence-corrected chi connectivity index (χ3v) is 7.67. The van der Waals surface area contributed by atoms with Gasteiger partial charge in [0, 0.05) is 22.9 Å². The van der Waals surface area contributed by atoms with Crippen molar-refractivity contribution in [3.05, 3.63) is 88.1 Å². The Hall–Kier alpha value is -2.57. The zero-order valence-electron chi connectivity index (χ0n) is 18.3. The lowest BCUT2D eigenvalue weighted by Crippen LogP contribution is -2.47. The van der Waals surface area contributed by atoms with Gasteiger partial charge in [0.15, 0.2) is 0 Å². The van der Waals surface area contributed by atoms with E-state index >= 15 is 0 Å². The lowest BCUT2D eigenvalue weighted by Gasteiger charge is -2.37. The highest BCUT2D eigenvalue weighted by Crippen LogP contribution is 2.37. The molecule has 32 heavy (non-hydrogen) atoms. The van der Waals surface area contributed by atoms with Gasteiger partial charge in [-0.2, -0.15) is 0 Å². The zero-order chi connectivity index (χ0) is 22.3. The van der Waals surface area contributed by atoms with E-state index in [4.69, 9.17) is 0 Å². The molecule has 4 nitrogen and oxygen atoms in total. The van der Waals surface area contributed by atoms with Crippen molar-refractivity contribution in [1.29, 1.82) is 0 Å². The smallest absolute Gasteiger partial charge is 0.242 e. The Morgan fingerprint density at radius 2 is 1.78 bits per heavy atom. The summed E-state index contributed by atoms with van der Waals surface area (Å²) < 4.78 is 0. The Labute approximate surface area is 198 Å². The van der Waals surface area contributed by atoms with E-state index in [1.54, 1.807) is 16.2 Å². The van der Waals surface area contributed by atoms with Gasteiger partial charge in [-0.05, 0) is 47.5 Å². The Kier molecular flexibility index (Phi) is 7.66. The van der Waals surface area contributed by atoms with Crippen molar-refractivity contribution in [3.63, 3.8) is 0 Å². The Morgan fingerprint density at radius 3 is 2.50 bits per heavy atom. The second-order valence-corrected chi connectivity index (χ2v) is 9.92. The molecule has 166 valence electrons. The summed E-state index contributed by atoms with van der Waals surface area (Å²) in [7, 11) is 0. The summed E-state index contributed by atoms with van der Waals surface area (Å²) in [5.74, 6) is 0.370. The molecule has 4 rings (SSSR count). The molecule has 0 fully saturated rings. The zero-order valence-corrected chi connectivity index (χ0v) is 19.9. The molecule has 0 aliphatic carbocycles. The number of amides is 2. The molecule has 1 aromatic heterocycles. The third-order valence-electron chi connectivity index (χ3n) is 5.68. The third kappa shape index (κ3) is 5.25. The van der Waals surface area contributed by atoms with Crippen molar-refractivity contribution >= 4 is 34.9 Å². The molecular formula is C26H28N2O2S2. The van der Waals surface area contributed by atoms with Crippen LogP contribution in [0.2, 0.25) is 0 Å². The number of carbonyl (C=O) groups is 2. The molecular weight excluding hydrogens is 436 g/mol. The number of benzene rings is 2. The van der Waals surface area contributed by atoms with Gasteiger partial charge in [0.05, 0.1) is 18.3 Å². The van der Waals surface area contributed by atoms with E-state index < -0.39 is 0 Å². The van der Waals surface area contributed by atoms with Gasteiger partial charge in [-0.15, -0.1) is 23.1 Å². The minimum Gasteiger partial charge on any atom is -0.333 e. The molecule has 1 atom stereocenters. The standard InChI is InChI=1S/C26H28N2O2S2/c1-2-15-27(25(30)19-32-21-11-7-4-8-12-21)18-24(29)28-16-13-23-22(14-17-31-23)26(28)20-9-5-3-6-10-20/h3-12,14,17,26H,2,13,15-16,18-19H2,1H3. The number of thioether (sulfide) groups is 1. The van der Waals surface area contributed by atoms with Gasteiger partial charge in [-0.25, -0.2) is 0 Å². The van der Waals surface area contributed by atoms with Crippen LogP contribution in [0.15, 0.2) is 77.0 Å². The highest BCUT2D eigenvalue weighted by Gasteiger charge is 2.33. The van der Waals surface area contributed by atoms with Gasteiger partial charge in [0.2, 0.25) is 11.8 Å². The molecule has 0 saturated carbocycles. The first-order valence-electron chi connectivity index (χ1n) is 11.0. The van der Waals surface area contributed by atoms with Gasteiger partial charge in [-0.1, -0.05) is 55.5 Å². The van der Waals surface area contributed by atoms with Crippen LogP contribution in [0.25, 0.3) is 0 Å². The molecule has 2 aromatic carbocycles. The van der Waals surface area contributed by atoms with Gasteiger partial charge in [0.1, 0.15) is 0 Å². The first-order chi connectivity index (χ1) is 15.7. The fourth-order valence-electron chi connectivity index (χ4n) is 4.15. The van der Waals surface area contributed by atoms with Crippen molar-refractivity contribution in [2.45, 2.75) is 30.7 Å². The van der Waals surface area contributed by atoms with Gasteiger partial charge < -0.3 is 9.80 Å². The highest BCUT2D eigenvalue weighted by molar-refractivity contribution is 8.00. The summed E-state index contributed by atoms with van der Waals surface area (Å²) >= 11 is 3.28. The monoisotopic (exact) mass is 464 g/mol. The summed E-state index contributed by atoms with van der Waals surface area (Å²) in [4.78, 5) is 32.6. The van der Waals surface area contributed by atoms with Gasteiger partial charge in [-0.3, -0.25) is 9.59 Å². The first kappa shape index (κ1) is 22.6. The SMILES string of the molecule is CCCN(CC(=O)N1CCc2sccc2C1c1ccccc1)C(=O)CSc1ccccc1. The summed E-state index contributed by atoms with van der Waals surface area (Å²) in [5.41, 5.74) is 2.34. The van der Waals surface area contributed by atoms with Crippen LogP contribution in [0, 0.1) is 0 Å². The normalized spacial score (nSPS) is 15.3. The predicted molar refractivity (Wildman–Crippen MR) is 132 cm³/mol. The number of nitrogens with zero attached hydrogens (tertiary/aromatic N) is 2. The molecule has 0 saturated heterocycles. The quantitative estimate of drug-likeness (QED) is 0.427. The highest BCUT2D eigenvalue weighted by atomic mass is 32.2. The van der Waals surface area contributed by atoms with Crippen molar-refractivity contribution in [3.8, 4) is 0 Å². The number of thiophene rings is 1. The minimum absolute atomic E-state index is 0.0125. The van der Waals surface area contributed by atoms with Crippen LogP contribution < -0.4 is 0 Å². The molecule has 2 heterocycles. The van der Waals surface area contributed by atoms with Crippen LogP contribution in [-0.4, -0.2) is 47.0 Å². The van der Waals surface area contributed by atoms with Crippen LogP contribution in [-0.2, 0) is 16.0 Å². The molecule has 0 radical (unpaired) electrons. The number of carbonyl (C=O) groups excluding carboxylic acids is 2. The maximum atomic E-state index is 13.5. The molecule has 2 amide bonds. The maximum Gasteiger partial charge on any atom is 0.242 e. The molecule has 1 aliphatic rings. The summed E-state index contributed by atoms with van der Waals surface area (Å²) in [6.07, 6.45) is 1.69. The average Bonchev–Trinajstić information content (AvgIpc) is 3.31. The Balaban J connectivity index is 1.49. The lowest BCUT2D eigenvalue weighted by molar-refractivity contribution is -0.140. The van der Waals surface area contributed by atoms with Gasteiger partial charge >= 0.3 is 0 Å². The number of hydrogen-bond acceptors (Lipinski definition) is 4. The van der Waals surface area contributed by atoms with E-state index in [0.717, 1.165) is 23.3 Å². The Bertz CT molecular complexity index is 1040. The number of fused-ring (bicyclic) bond motifs is 1. The lowest BCUT2D eigenvalue weighted by atomic mass is 9.93. The molecule has 1 aliphatic heterocycles. The van der Waals surface area contributed by atoms with E-state index in [2.05, 4.69) is 23.6 Å². The molecule has 3 aromatic rings. The second kappa shape index (κ2) is 10.8. The van der Waals surface area contributed by atoms with Crippen molar-refractivity contribution in [1.82, 2.24) is 9.80 Å². The van der Waals surface area contributed by atoms with E-state index in [-0.39, 0.29) is 24.4 Å². The van der Waals surface area contributed by atoms with Crippen molar-refractivity contribution in [2.24, 2.45) is 0 Å². The molecule has 6 heteroatoms. The van der Waals surface area contributed by atoms with Crippen LogP contribution in [0.1, 0.15) is 35.4 Å². The van der Waals surface area contributed by atoms with E-state index in [9.17, 15) is 9.59 Å². The predicted octanol–water partition coefficient (Wildman–Crippen LogP) is 5.25. The summed E-state index contributed by atoms with van der Waals surface area (Å²) in [6, 6.07) is 22.2. The molecule has 0 bridgehead atoms. The van der Waals surface area contributed by atoms with Crippen LogP contribution in [0.5, 0.6) is 0 Å². The maximum absolute atomic E-state index is 13.5. The molecule has 0 spiro atoms. The fraction of sp³-hybridized carbons (Fsp3) is 0.308. The van der Waals surface area contributed by atoms with E-state index in [1.165, 1.54) is 22.2 Å². The molecule has 0 N–H and O–H groups in total. The Morgan fingerprint density at radius 1 is 1.06 bits per heavy atom. The van der Waals surface area contributed by atoms with Crippen LogP contribution in [0.4, 0.5) is 0 Å². The summed E-state index contributed by atoms with van der Waals surface area (Å²) in [5, 5.41) is 2.11. The van der Waals surface area contributed by atoms with Crippen molar-refractivity contribution < 1.29 is 9.59 Å². The first-order valence-corrected chi connectivity index (χ1v) is 12.9. The largest absolute Gasteiger partial charge is 0.333 e. The van der Waals surface area contributed by atoms with Gasteiger partial charge in [0.25, 0.3) is 0 Å². The van der Waals surface area contributed by atoms with E-state index in [1.807, 2.05) is 60.4 Å². The minimum atomic E-state index is -0.0871. The number of hydrogen-bond donors (Lipinski definition) is 0. The second-order valence-electron chi connectivity index (χ2n) is 7.87. The summed E-state index contributed by atoms with van der Waals surface area (Å²) in [6.45, 7) is 3.44. The van der Waals surface area contributed by atoms with Crippen LogP contribution >= 0.6 is 23.1 Å². The number of rotatable bonds is 8. The van der Waals surface area contributed by atoms with Crippen LogP contribution in [0.3, 0.4) is 0 Å². The van der Waals surface area contributed by atoms with E-state index in [0.29, 0.717) is 18.8 Å². The average molecular weight is 465 g/mol.